The predicted octanol–water partition coefficient (Wildman–Crippen LogP) is 2.83. The van der Waals surface area contributed by atoms with E-state index in [4.69, 9.17) is 9.84 Å². The number of carboxylic acid groups (broad SMARTS) is 1. The van der Waals surface area contributed by atoms with Gasteiger partial charge in [0.05, 0.1) is 17.8 Å². The van der Waals surface area contributed by atoms with Crippen LogP contribution >= 0.6 is 22.7 Å². The maximum atomic E-state index is 10.9. The highest BCUT2D eigenvalue weighted by Crippen LogP contribution is 2.25. The van der Waals surface area contributed by atoms with Gasteiger partial charge in [0.15, 0.2) is 4.88 Å². The Balaban J connectivity index is 1.92. The molecule has 17 heavy (non-hydrogen) atoms. The predicted molar refractivity (Wildman–Crippen MR) is 67.3 cm³/mol. The van der Waals surface area contributed by atoms with Crippen LogP contribution in [0.15, 0.2) is 17.0 Å². The molecule has 90 valence electrons. The number of nitrogens with zero attached hydrogens (tertiary/aromatic N) is 1. The van der Waals surface area contributed by atoms with Crippen LogP contribution in [0.1, 0.15) is 20.2 Å². The maximum absolute atomic E-state index is 10.9. The molecule has 2 heterocycles. The van der Waals surface area contributed by atoms with Crippen LogP contribution in [0, 0.1) is 6.92 Å². The minimum absolute atomic E-state index is 0.256. The second kappa shape index (κ2) is 5.29. The molecule has 0 fully saturated rings. The van der Waals surface area contributed by atoms with Crippen molar-refractivity contribution in [2.45, 2.75) is 13.3 Å². The fraction of sp³-hybridized carbons (Fsp3) is 0.273. The number of rotatable bonds is 5. The third kappa shape index (κ3) is 2.83. The van der Waals surface area contributed by atoms with Crippen molar-refractivity contribution in [1.29, 1.82) is 0 Å². The molecule has 0 saturated heterocycles. The van der Waals surface area contributed by atoms with Crippen molar-refractivity contribution < 1.29 is 14.6 Å². The second-order valence-electron chi connectivity index (χ2n) is 3.38. The van der Waals surface area contributed by atoms with Crippen molar-refractivity contribution >= 4 is 28.6 Å². The van der Waals surface area contributed by atoms with Crippen LogP contribution < -0.4 is 4.74 Å². The second-order valence-corrected chi connectivity index (χ2v) is 5.23. The SMILES string of the molecule is Cc1ncsc1CCOc1ccsc1C(=O)O. The van der Waals surface area contributed by atoms with Gasteiger partial charge in [0, 0.05) is 11.3 Å². The van der Waals surface area contributed by atoms with E-state index < -0.39 is 5.97 Å². The van der Waals surface area contributed by atoms with E-state index >= 15 is 0 Å². The molecule has 0 atom stereocenters. The summed E-state index contributed by atoms with van der Waals surface area (Å²) in [7, 11) is 0. The molecule has 0 saturated carbocycles. The summed E-state index contributed by atoms with van der Waals surface area (Å²) in [6.07, 6.45) is 0.755. The van der Waals surface area contributed by atoms with Gasteiger partial charge in [0.1, 0.15) is 5.75 Å². The van der Waals surface area contributed by atoms with Crippen molar-refractivity contribution in [1.82, 2.24) is 4.98 Å². The molecule has 0 spiro atoms. The van der Waals surface area contributed by atoms with E-state index in [0.717, 1.165) is 12.1 Å². The highest BCUT2D eigenvalue weighted by Gasteiger charge is 2.12. The number of aryl methyl sites for hydroxylation is 1. The first-order valence-corrected chi connectivity index (χ1v) is 6.77. The van der Waals surface area contributed by atoms with Gasteiger partial charge in [-0.1, -0.05) is 0 Å². The molecule has 0 aliphatic heterocycles. The molecule has 6 heteroatoms. The number of carboxylic acids is 1. The van der Waals surface area contributed by atoms with Crippen molar-refractivity contribution in [3.05, 3.63) is 32.4 Å². The van der Waals surface area contributed by atoms with E-state index in [2.05, 4.69) is 4.98 Å². The lowest BCUT2D eigenvalue weighted by atomic mass is 10.3. The van der Waals surface area contributed by atoms with Gasteiger partial charge in [0.2, 0.25) is 0 Å². The minimum atomic E-state index is -0.941. The molecule has 0 aromatic carbocycles. The molecule has 0 aliphatic rings. The van der Waals surface area contributed by atoms with Gasteiger partial charge in [-0.2, -0.15) is 0 Å². The molecule has 2 aromatic rings. The van der Waals surface area contributed by atoms with Crippen LogP contribution in [-0.4, -0.2) is 22.7 Å². The maximum Gasteiger partial charge on any atom is 0.349 e. The number of aromatic carboxylic acids is 1. The molecule has 1 N–H and O–H groups in total. The molecule has 2 aromatic heterocycles. The Labute approximate surface area is 107 Å². The Kier molecular flexibility index (Phi) is 3.75. The van der Waals surface area contributed by atoms with Crippen molar-refractivity contribution in [2.24, 2.45) is 0 Å². The average molecular weight is 269 g/mol. The van der Waals surface area contributed by atoms with Crippen LogP contribution in [0.25, 0.3) is 0 Å². The lowest BCUT2D eigenvalue weighted by Crippen LogP contribution is -2.03. The Morgan fingerprint density at radius 1 is 1.53 bits per heavy atom. The summed E-state index contributed by atoms with van der Waals surface area (Å²) in [5, 5.41) is 10.6. The van der Waals surface area contributed by atoms with Gasteiger partial charge in [-0.3, -0.25) is 0 Å². The molecule has 0 bridgehead atoms. The van der Waals surface area contributed by atoms with Gasteiger partial charge < -0.3 is 9.84 Å². The van der Waals surface area contributed by atoms with E-state index in [0.29, 0.717) is 12.4 Å². The summed E-state index contributed by atoms with van der Waals surface area (Å²) in [5.41, 5.74) is 2.82. The minimum Gasteiger partial charge on any atom is -0.491 e. The average Bonchev–Trinajstić information content (AvgIpc) is 2.88. The molecule has 2 rings (SSSR count). The summed E-state index contributed by atoms with van der Waals surface area (Å²) in [5.74, 6) is -0.492. The number of thiazole rings is 1. The molecule has 0 amide bonds. The molecule has 0 aliphatic carbocycles. The van der Waals surface area contributed by atoms with Crippen molar-refractivity contribution in [3.8, 4) is 5.75 Å². The zero-order valence-corrected chi connectivity index (χ0v) is 10.8. The van der Waals surface area contributed by atoms with E-state index in [1.165, 1.54) is 16.2 Å². The van der Waals surface area contributed by atoms with Crippen LogP contribution in [0.4, 0.5) is 0 Å². The van der Waals surface area contributed by atoms with Gasteiger partial charge in [-0.05, 0) is 18.4 Å². The molecular weight excluding hydrogens is 258 g/mol. The van der Waals surface area contributed by atoms with Crippen LogP contribution in [0.5, 0.6) is 5.75 Å². The number of hydrogen-bond donors (Lipinski definition) is 1. The fourth-order valence-electron chi connectivity index (χ4n) is 1.39. The summed E-state index contributed by atoms with van der Waals surface area (Å²) in [6.45, 7) is 2.43. The summed E-state index contributed by atoms with van der Waals surface area (Å²) in [4.78, 5) is 16.4. The molecule has 0 unspecified atom stereocenters. The third-order valence-corrected chi connectivity index (χ3v) is 4.13. The number of ether oxygens (including phenoxy) is 1. The van der Waals surface area contributed by atoms with Crippen molar-refractivity contribution in [2.75, 3.05) is 6.61 Å². The van der Waals surface area contributed by atoms with Crippen LogP contribution in [0.2, 0.25) is 0 Å². The Morgan fingerprint density at radius 2 is 2.35 bits per heavy atom. The molecular formula is C11H11NO3S2. The quantitative estimate of drug-likeness (QED) is 0.906. The normalized spacial score (nSPS) is 10.4. The lowest BCUT2D eigenvalue weighted by molar-refractivity contribution is 0.0698. The van der Waals surface area contributed by atoms with Gasteiger partial charge in [-0.15, -0.1) is 22.7 Å². The number of carbonyl (C=O) groups is 1. The highest BCUT2D eigenvalue weighted by molar-refractivity contribution is 7.12. The third-order valence-electron chi connectivity index (χ3n) is 2.25. The van der Waals surface area contributed by atoms with E-state index in [9.17, 15) is 4.79 Å². The Hall–Kier alpha value is -1.40. The summed E-state index contributed by atoms with van der Waals surface area (Å²) >= 11 is 2.77. The topological polar surface area (TPSA) is 59.4 Å². The fourth-order valence-corrected chi connectivity index (χ4v) is 2.82. The summed E-state index contributed by atoms with van der Waals surface area (Å²) < 4.78 is 5.48. The lowest BCUT2D eigenvalue weighted by Gasteiger charge is -2.04. The molecule has 4 nitrogen and oxygen atoms in total. The summed E-state index contributed by atoms with van der Waals surface area (Å²) in [6, 6.07) is 1.69. The Bertz CT molecular complexity index is 518. The van der Waals surface area contributed by atoms with E-state index in [1.54, 1.807) is 28.3 Å². The zero-order chi connectivity index (χ0) is 12.3. The Morgan fingerprint density at radius 3 is 3.00 bits per heavy atom. The number of thiophene rings is 1. The number of aromatic nitrogens is 1. The van der Waals surface area contributed by atoms with Crippen molar-refractivity contribution in [3.63, 3.8) is 0 Å². The molecule has 0 radical (unpaired) electrons. The first-order valence-electron chi connectivity index (χ1n) is 5.01. The number of hydrogen-bond acceptors (Lipinski definition) is 5. The van der Waals surface area contributed by atoms with E-state index in [-0.39, 0.29) is 4.88 Å². The standard InChI is InChI=1S/C11H11NO3S2/c1-7-9(17-6-12-7)2-4-15-8-3-5-16-10(8)11(13)14/h3,5-6H,2,4H2,1H3,(H,13,14). The van der Waals surface area contributed by atoms with Crippen LogP contribution in [0.3, 0.4) is 0 Å². The van der Waals surface area contributed by atoms with Gasteiger partial charge >= 0.3 is 5.97 Å². The van der Waals surface area contributed by atoms with Gasteiger partial charge in [0.25, 0.3) is 0 Å². The van der Waals surface area contributed by atoms with E-state index in [1.807, 2.05) is 6.92 Å². The first-order chi connectivity index (χ1) is 8.18. The van der Waals surface area contributed by atoms with Crippen LogP contribution in [-0.2, 0) is 6.42 Å². The van der Waals surface area contributed by atoms with Gasteiger partial charge in [-0.25, -0.2) is 9.78 Å². The smallest absolute Gasteiger partial charge is 0.349 e. The first kappa shape index (κ1) is 12.1. The largest absolute Gasteiger partial charge is 0.491 e. The zero-order valence-electron chi connectivity index (χ0n) is 9.17. The monoisotopic (exact) mass is 269 g/mol. The highest BCUT2D eigenvalue weighted by atomic mass is 32.1.